The van der Waals surface area contributed by atoms with Gasteiger partial charge in [-0.25, -0.2) is 0 Å². The largest absolute Gasteiger partial charge is 0.490 e. The summed E-state index contributed by atoms with van der Waals surface area (Å²) in [4.78, 5) is 31.3. The number of para-hydroxylation sites is 1. The fourth-order valence-corrected chi connectivity index (χ4v) is 7.28. The van der Waals surface area contributed by atoms with E-state index < -0.39 is 36.9 Å². The second kappa shape index (κ2) is 19.4. The number of rotatable bonds is 22. The molecule has 0 aliphatic heterocycles. The van der Waals surface area contributed by atoms with Crippen molar-refractivity contribution in [2.24, 2.45) is 0 Å². The van der Waals surface area contributed by atoms with E-state index in [1.165, 1.54) is 11.8 Å². The minimum absolute atomic E-state index is 0.156. The number of carbonyl (C=O) groups excluding carboxylic acids is 2. The van der Waals surface area contributed by atoms with Crippen molar-refractivity contribution in [3.63, 3.8) is 0 Å². The fourth-order valence-electron chi connectivity index (χ4n) is 6.20. The van der Waals surface area contributed by atoms with E-state index in [9.17, 15) is 30.0 Å². The van der Waals surface area contributed by atoms with Crippen LogP contribution in [0.4, 0.5) is 0 Å². The molecule has 3 aromatic rings. The van der Waals surface area contributed by atoms with Crippen LogP contribution in [0.25, 0.3) is 11.1 Å². The Kier molecular flexibility index (Phi) is 14.9. The number of aliphatic hydroxyl groups is 5. The molecule has 53 heavy (non-hydrogen) atoms. The van der Waals surface area contributed by atoms with Gasteiger partial charge in [-0.3, -0.25) is 14.6 Å². The van der Waals surface area contributed by atoms with Crippen molar-refractivity contribution < 1.29 is 39.9 Å². The van der Waals surface area contributed by atoms with E-state index in [0.717, 1.165) is 58.6 Å². The van der Waals surface area contributed by atoms with Crippen LogP contribution in [0.3, 0.4) is 0 Å². The van der Waals surface area contributed by atoms with Gasteiger partial charge in [0.15, 0.2) is 6.10 Å². The summed E-state index contributed by atoms with van der Waals surface area (Å²) in [5.74, 6) is 0.582. The number of hydrogen-bond acceptors (Lipinski definition) is 11. The second-order valence-corrected chi connectivity index (χ2v) is 15.4. The number of aliphatic hydroxyl groups excluding tert-OH is 5. The van der Waals surface area contributed by atoms with Gasteiger partial charge in [0.25, 0.3) is 5.91 Å². The summed E-state index contributed by atoms with van der Waals surface area (Å²) in [5, 5.41) is 56.9. The number of ether oxygens (including phenoxy) is 1. The van der Waals surface area contributed by atoms with Crippen molar-refractivity contribution in [2.75, 3.05) is 32.0 Å². The highest BCUT2D eigenvalue weighted by molar-refractivity contribution is 7.99. The number of thioether (sulfide) groups is 1. The molecule has 5 rings (SSSR count). The number of carbonyl (C=O) groups is 2. The van der Waals surface area contributed by atoms with Gasteiger partial charge in [0, 0.05) is 66.5 Å². The lowest BCUT2D eigenvalue weighted by atomic mass is 9.94. The van der Waals surface area contributed by atoms with Crippen molar-refractivity contribution in [3.05, 3.63) is 77.1 Å². The van der Waals surface area contributed by atoms with E-state index in [0.29, 0.717) is 43.1 Å². The summed E-state index contributed by atoms with van der Waals surface area (Å²) in [6, 6.07) is 16.1. The molecule has 4 unspecified atom stereocenters. The average molecular weight is 771 g/mol. The number of amides is 2. The molecular weight excluding hydrogens is 720 g/mol. The first kappa shape index (κ1) is 40.9. The van der Waals surface area contributed by atoms with Crippen molar-refractivity contribution in [2.45, 2.75) is 99.4 Å². The molecule has 14 heteroatoms. The molecule has 2 saturated carbocycles. The minimum Gasteiger partial charge on any atom is -0.490 e. The topological polar surface area (TPSA) is 185 Å². The summed E-state index contributed by atoms with van der Waals surface area (Å²) in [6.07, 6.45) is 2.25. The summed E-state index contributed by atoms with van der Waals surface area (Å²) in [6.45, 7) is 2.08. The molecule has 2 aromatic carbocycles. The van der Waals surface area contributed by atoms with Crippen LogP contribution >= 0.6 is 23.4 Å². The molecule has 7 N–H and O–H groups in total. The lowest BCUT2D eigenvalue weighted by molar-refractivity contribution is -0.158. The summed E-state index contributed by atoms with van der Waals surface area (Å²) in [7, 11) is 0. The molecular formula is C39H51ClN4O8S. The number of hydrogen-bond donors (Lipinski definition) is 7. The highest BCUT2D eigenvalue weighted by Gasteiger charge is 2.46. The highest BCUT2D eigenvalue weighted by atomic mass is 35.5. The van der Waals surface area contributed by atoms with E-state index in [-0.39, 0.29) is 30.6 Å². The van der Waals surface area contributed by atoms with Gasteiger partial charge >= 0.3 is 0 Å². The quantitative estimate of drug-likeness (QED) is 0.0587. The second-order valence-electron chi connectivity index (χ2n) is 13.8. The third-order valence-corrected chi connectivity index (χ3v) is 11.1. The predicted molar refractivity (Wildman–Crippen MR) is 203 cm³/mol. The molecule has 0 saturated heterocycles. The summed E-state index contributed by atoms with van der Waals surface area (Å²) in [5.41, 5.74) is 4.04. The Hall–Kier alpha value is -3.27. The maximum atomic E-state index is 13.2. The first-order valence-electron chi connectivity index (χ1n) is 18.3. The Bertz CT molecular complexity index is 1680. The lowest BCUT2D eigenvalue weighted by Gasteiger charge is -2.30. The van der Waals surface area contributed by atoms with Gasteiger partial charge in [-0.1, -0.05) is 29.8 Å². The maximum Gasteiger partial charge on any atom is 0.254 e. The Balaban J connectivity index is 1.18. The van der Waals surface area contributed by atoms with Gasteiger partial charge in [-0.15, -0.1) is 11.8 Å². The summed E-state index contributed by atoms with van der Waals surface area (Å²) < 4.78 is 6.26. The Morgan fingerprint density at radius 3 is 2.49 bits per heavy atom. The molecule has 2 aliphatic carbocycles. The van der Waals surface area contributed by atoms with Crippen LogP contribution in [0, 0.1) is 0 Å². The third kappa shape index (κ3) is 11.4. The molecule has 1 heterocycles. The zero-order chi connectivity index (χ0) is 38.0. The first-order valence-corrected chi connectivity index (χ1v) is 19.6. The van der Waals surface area contributed by atoms with Crippen molar-refractivity contribution in [1.82, 2.24) is 20.5 Å². The molecule has 1 aromatic heterocycles. The molecule has 2 aliphatic rings. The Labute approximate surface area is 319 Å². The van der Waals surface area contributed by atoms with Crippen molar-refractivity contribution in [1.29, 1.82) is 0 Å². The highest BCUT2D eigenvalue weighted by Crippen LogP contribution is 2.50. The van der Waals surface area contributed by atoms with E-state index in [4.69, 9.17) is 21.4 Å². The van der Waals surface area contributed by atoms with E-state index in [1.54, 1.807) is 11.8 Å². The van der Waals surface area contributed by atoms with Gasteiger partial charge in [0.2, 0.25) is 5.91 Å². The minimum atomic E-state index is -2.00. The number of pyridine rings is 1. The standard InChI is InChI=1S/C39H51ClN4O8S/c1-25(46)42-16-4-5-18-44(38(51)37(50)36(49)35(48)33(47)24-45)19-6-20-53-28-11-12-32(40)26(21-28)22-43-39(14-15-39)31-23-41-17-13-29(31)30-7-2-3-8-34(30)52-27-9-10-27/h2-3,7-8,11-13,17,21,23,27,33,35-37,43,45,47-50H,4-6,9-10,14-16,18-20,22,24H2,1H3,(H,42,46). The van der Waals surface area contributed by atoms with Crippen LogP contribution in [-0.4, -0.2) is 110 Å². The summed E-state index contributed by atoms with van der Waals surface area (Å²) >= 11 is 8.30. The van der Waals surface area contributed by atoms with Crippen LogP contribution in [0.1, 0.15) is 63.0 Å². The number of benzene rings is 2. The molecule has 4 atom stereocenters. The number of aromatic nitrogens is 1. The first-order chi connectivity index (χ1) is 25.5. The maximum absolute atomic E-state index is 13.2. The van der Waals surface area contributed by atoms with Gasteiger partial charge in [0.1, 0.15) is 24.1 Å². The monoisotopic (exact) mass is 770 g/mol. The van der Waals surface area contributed by atoms with Crippen LogP contribution in [0.15, 0.2) is 65.8 Å². The average Bonchev–Trinajstić information content (AvgIpc) is 4.12. The normalized spacial score (nSPS) is 17.0. The molecule has 12 nitrogen and oxygen atoms in total. The van der Waals surface area contributed by atoms with E-state index >= 15 is 0 Å². The molecule has 288 valence electrons. The number of nitrogens with one attached hydrogen (secondary N) is 2. The predicted octanol–water partition coefficient (Wildman–Crippen LogP) is 3.39. The molecule has 0 spiro atoms. The smallest absolute Gasteiger partial charge is 0.254 e. The third-order valence-electron chi connectivity index (χ3n) is 9.61. The van der Waals surface area contributed by atoms with Gasteiger partial charge in [0.05, 0.1) is 12.7 Å². The molecule has 2 fully saturated rings. The number of halogens is 1. The number of nitrogens with zero attached hydrogens (tertiary/aromatic N) is 2. The van der Waals surface area contributed by atoms with Gasteiger partial charge in [-0.05, 0) is 97.7 Å². The van der Waals surface area contributed by atoms with Crippen LogP contribution < -0.4 is 15.4 Å². The molecule has 2 amide bonds. The van der Waals surface area contributed by atoms with Crippen LogP contribution in [0.5, 0.6) is 5.75 Å². The lowest BCUT2D eigenvalue weighted by Crippen LogP contribution is -2.53. The van der Waals surface area contributed by atoms with Gasteiger partial charge in [-0.2, -0.15) is 0 Å². The van der Waals surface area contributed by atoms with E-state index in [2.05, 4.69) is 33.8 Å². The number of unbranched alkanes of at least 4 members (excludes halogenated alkanes) is 1. The zero-order valence-corrected chi connectivity index (χ0v) is 31.6. The van der Waals surface area contributed by atoms with Crippen molar-refractivity contribution in [3.8, 4) is 16.9 Å². The molecule has 0 bridgehead atoms. The molecule has 0 radical (unpaired) electrons. The van der Waals surface area contributed by atoms with Crippen LogP contribution in [0.2, 0.25) is 5.02 Å². The van der Waals surface area contributed by atoms with Crippen molar-refractivity contribution >= 4 is 35.2 Å². The van der Waals surface area contributed by atoms with E-state index in [1.807, 2.05) is 42.7 Å². The van der Waals surface area contributed by atoms with Gasteiger partial charge < -0.3 is 45.8 Å². The SMILES string of the molecule is CC(=O)NCCCCN(CCCSc1ccc(Cl)c(CNC2(c3cnccc3-c3ccccc3OC3CC3)CC2)c1)C(=O)C(O)C(O)C(O)C(O)CO. The fraction of sp³-hybridized carbons (Fsp3) is 0.513. The zero-order valence-electron chi connectivity index (χ0n) is 30.0. The van der Waals surface area contributed by atoms with Crippen LogP contribution in [-0.2, 0) is 21.7 Å². The Morgan fingerprint density at radius 2 is 1.77 bits per heavy atom. The Morgan fingerprint density at radius 1 is 1.02 bits per heavy atom.